The van der Waals surface area contributed by atoms with Gasteiger partial charge in [0, 0.05) is 37.6 Å². The highest BCUT2D eigenvalue weighted by molar-refractivity contribution is 5.87. The number of ether oxygens (including phenoxy) is 1. The van der Waals surface area contributed by atoms with E-state index in [1.54, 1.807) is 6.20 Å². The van der Waals surface area contributed by atoms with Gasteiger partial charge in [0.05, 0.1) is 24.8 Å². The lowest BCUT2D eigenvalue weighted by Gasteiger charge is -2.28. The van der Waals surface area contributed by atoms with Crippen LogP contribution < -0.4 is 21.3 Å². The summed E-state index contributed by atoms with van der Waals surface area (Å²) in [5.74, 6) is 1.21. The predicted octanol–water partition coefficient (Wildman–Crippen LogP) is 1.30. The number of nitrogens with zero attached hydrogens (tertiary/aromatic N) is 4. The summed E-state index contributed by atoms with van der Waals surface area (Å²) >= 11 is 0. The van der Waals surface area contributed by atoms with Crippen LogP contribution in [0.3, 0.4) is 0 Å². The first-order chi connectivity index (χ1) is 12.8. The molecule has 0 aliphatic carbocycles. The van der Waals surface area contributed by atoms with Gasteiger partial charge in [0.2, 0.25) is 5.95 Å². The van der Waals surface area contributed by atoms with Gasteiger partial charge in [0.15, 0.2) is 5.65 Å². The Labute approximate surface area is 151 Å². The zero-order chi connectivity index (χ0) is 17.8. The maximum atomic E-state index is 5.58. The molecular weight excluding hydrogens is 332 g/mol. The number of hydrogen-bond donors (Lipinski definition) is 4. The molecule has 3 heterocycles. The van der Waals surface area contributed by atoms with Crippen LogP contribution in [0.5, 0.6) is 0 Å². The van der Waals surface area contributed by atoms with Crippen LogP contribution in [0.2, 0.25) is 0 Å². The fraction of sp³-hybridized carbons (Fsp3) is 0.353. The topological polar surface area (TPSA) is 117 Å². The molecule has 1 fully saturated rings. The second kappa shape index (κ2) is 7.54. The van der Waals surface area contributed by atoms with E-state index in [-0.39, 0.29) is 0 Å². The molecule has 0 atom stereocenters. The SMILES string of the molecule is NCCNc1nc(Nc2ccc(N3CCOCC3)cc2)nc2[nH]ncc12. The summed E-state index contributed by atoms with van der Waals surface area (Å²) < 4.78 is 5.40. The van der Waals surface area contributed by atoms with Crippen LogP contribution in [0.25, 0.3) is 11.0 Å². The Morgan fingerprint density at radius 2 is 1.96 bits per heavy atom. The molecular formula is C17H22N8O. The number of anilines is 4. The van der Waals surface area contributed by atoms with E-state index in [1.165, 1.54) is 5.69 Å². The molecule has 136 valence electrons. The maximum absolute atomic E-state index is 5.58. The summed E-state index contributed by atoms with van der Waals surface area (Å²) in [6, 6.07) is 8.24. The number of aromatic amines is 1. The highest BCUT2D eigenvalue weighted by Crippen LogP contribution is 2.24. The van der Waals surface area contributed by atoms with Gasteiger partial charge < -0.3 is 26.0 Å². The fourth-order valence-electron chi connectivity index (χ4n) is 2.92. The average Bonchev–Trinajstić information content (AvgIpc) is 3.16. The van der Waals surface area contributed by atoms with Crippen LogP contribution in [-0.4, -0.2) is 59.6 Å². The van der Waals surface area contributed by atoms with Gasteiger partial charge in [-0.05, 0) is 24.3 Å². The number of fused-ring (bicyclic) bond motifs is 1. The Bertz CT molecular complexity index is 857. The van der Waals surface area contributed by atoms with Crippen LogP contribution in [-0.2, 0) is 4.74 Å². The normalized spacial score (nSPS) is 14.6. The summed E-state index contributed by atoms with van der Waals surface area (Å²) in [5.41, 5.74) is 8.36. The third kappa shape index (κ3) is 3.53. The molecule has 5 N–H and O–H groups in total. The summed E-state index contributed by atoms with van der Waals surface area (Å²) in [5, 5.41) is 14.2. The van der Waals surface area contributed by atoms with E-state index in [2.05, 4.69) is 47.8 Å². The predicted molar refractivity (Wildman–Crippen MR) is 102 cm³/mol. The maximum Gasteiger partial charge on any atom is 0.231 e. The monoisotopic (exact) mass is 354 g/mol. The standard InChI is InChI=1S/C17H22N8O/c18-5-6-19-15-14-11-20-24-16(14)23-17(22-15)21-12-1-3-13(4-2-12)25-7-9-26-10-8-25/h1-4,11H,5-10,18H2,(H3,19,20,21,22,23,24). The van der Waals surface area contributed by atoms with Crippen LogP contribution in [0.4, 0.5) is 23.1 Å². The van der Waals surface area contributed by atoms with Crippen molar-refractivity contribution in [1.82, 2.24) is 20.2 Å². The molecule has 9 heteroatoms. The van der Waals surface area contributed by atoms with Crippen LogP contribution in [0.15, 0.2) is 30.5 Å². The van der Waals surface area contributed by atoms with Gasteiger partial charge >= 0.3 is 0 Å². The van der Waals surface area contributed by atoms with Crippen molar-refractivity contribution in [3.63, 3.8) is 0 Å². The van der Waals surface area contributed by atoms with Crippen molar-refractivity contribution in [2.45, 2.75) is 0 Å². The number of nitrogens with one attached hydrogen (secondary N) is 3. The van der Waals surface area contributed by atoms with Gasteiger partial charge in [-0.3, -0.25) is 5.10 Å². The quantitative estimate of drug-likeness (QED) is 0.523. The van der Waals surface area contributed by atoms with E-state index in [0.29, 0.717) is 30.5 Å². The first-order valence-electron chi connectivity index (χ1n) is 8.68. The number of morpholine rings is 1. The van der Waals surface area contributed by atoms with Crippen molar-refractivity contribution >= 4 is 34.2 Å². The summed E-state index contributed by atoms with van der Waals surface area (Å²) in [7, 11) is 0. The minimum atomic E-state index is 0.500. The molecule has 9 nitrogen and oxygen atoms in total. The average molecular weight is 354 g/mol. The Kier molecular flexibility index (Phi) is 4.80. The highest BCUT2D eigenvalue weighted by Gasteiger charge is 2.12. The number of rotatable bonds is 6. The molecule has 0 amide bonds. The Balaban J connectivity index is 1.52. The summed E-state index contributed by atoms with van der Waals surface area (Å²) in [6.45, 7) is 4.54. The Morgan fingerprint density at radius 1 is 1.15 bits per heavy atom. The van der Waals surface area contributed by atoms with E-state index < -0.39 is 0 Å². The number of benzene rings is 1. The van der Waals surface area contributed by atoms with Crippen molar-refractivity contribution in [3.8, 4) is 0 Å². The largest absolute Gasteiger partial charge is 0.378 e. The van der Waals surface area contributed by atoms with Gasteiger partial charge in [0.25, 0.3) is 0 Å². The molecule has 2 aromatic heterocycles. The van der Waals surface area contributed by atoms with Crippen molar-refractivity contribution in [2.24, 2.45) is 5.73 Å². The molecule has 0 bridgehead atoms. The smallest absolute Gasteiger partial charge is 0.231 e. The molecule has 1 aromatic carbocycles. The number of hydrogen-bond acceptors (Lipinski definition) is 8. The van der Waals surface area contributed by atoms with Crippen LogP contribution in [0.1, 0.15) is 0 Å². The minimum Gasteiger partial charge on any atom is -0.378 e. The molecule has 0 spiro atoms. The van der Waals surface area contributed by atoms with Gasteiger partial charge in [0.1, 0.15) is 5.82 Å². The van der Waals surface area contributed by atoms with Gasteiger partial charge in [-0.15, -0.1) is 0 Å². The first kappa shape index (κ1) is 16.6. The molecule has 3 aromatic rings. The van der Waals surface area contributed by atoms with Crippen molar-refractivity contribution < 1.29 is 4.74 Å². The zero-order valence-corrected chi connectivity index (χ0v) is 14.4. The second-order valence-electron chi connectivity index (χ2n) is 6.01. The summed E-state index contributed by atoms with van der Waals surface area (Å²) in [4.78, 5) is 11.3. The summed E-state index contributed by atoms with van der Waals surface area (Å²) in [6.07, 6.45) is 1.70. The van der Waals surface area contributed by atoms with Crippen LogP contribution in [0, 0.1) is 0 Å². The lowest BCUT2D eigenvalue weighted by molar-refractivity contribution is 0.122. The van der Waals surface area contributed by atoms with Crippen molar-refractivity contribution in [1.29, 1.82) is 0 Å². The van der Waals surface area contributed by atoms with E-state index in [4.69, 9.17) is 10.5 Å². The van der Waals surface area contributed by atoms with E-state index in [9.17, 15) is 0 Å². The molecule has 0 radical (unpaired) electrons. The number of H-pyrrole nitrogens is 1. The molecule has 1 saturated heterocycles. The third-order valence-corrected chi connectivity index (χ3v) is 4.25. The van der Waals surface area contributed by atoms with Crippen LogP contribution >= 0.6 is 0 Å². The minimum absolute atomic E-state index is 0.500. The lowest BCUT2D eigenvalue weighted by atomic mass is 10.2. The molecule has 0 unspecified atom stereocenters. The van der Waals surface area contributed by atoms with Gasteiger partial charge in [-0.2, -0.15) is 15.1 Å². The zero-order valence-electron chi connectivity index (χ0n) is 14.4. The van der Waals surface area contributed by atoms with Crippen molar-refractivity contribution in [2.75, 3.05) is 54.9 Å². The fourth-order valence-corrected chi connectivity index (χ4v) is 2.92. The lowest BCUT2D eigenvalue weighted by Crippen LogP contribution is -2.36. The Hall–Kier alpha value is -2.91. The second-order valence-corrected chi connectivity index (χ2v) is 6.01. The van der Waals surface area contributed by atoms with E-state index in [0.717, 1.165) is 37.4 Å². The van der Waals surface area contributed by atoms with Crippen molar-refractivity contribution in [3.05, 3.63) is 30.5 Å². The molecule has 1 aliphatic heterocycles. The first-order valence-corrected chi connectivity index (χ1v) is 8.68. The van der Waals surface area contributed by atoms with Gasteiger partial charge in [-0.1, -0.05) is 0 Å². The number of nitrogens with two attached hydrogens (primary N) is 1. The molecule has 4 rings (SSSR count). The molecule has 26 heavy (non-hydrogen) atoms. The Morgan fingerprint density at radius 3 is 2.73 bits per heavy atom. The molecule has 0 saturated carbocycles. The van der Waals surface area contributed by atoms with E-state index in [1.807, 2.05) is 12.1 Å². The van der Waals surface area contributed by atoms with Gasteiger partial charge in [-0.25, -0.2) is 0 Å². The molecule has 1 aliphatic rings. The number of aromatic nitrogens is 4. The highest BCUT2D eigenvalue weighted by atomic mass is 16.5. The van der Waals surface area contributed by atoms with E-state index >= 15 is 0 Å². The third-order valence-electron chi connectivity index (χ3n) is 4.25.